The van der Waals surface area contributed by atoms with Crippen molar-refractivity contribution in [2.45, 2.75) is 13.3 Å². The van der Waals surface area contributed by atoms with Crippen molar-refractivity contribution in [3.8, 4) is 22.4 Å². The zero-order valence-corrected chi connectivity index (χ0v) is 21.0. The topological polar surface area (TPSA) is 135 Å². The summed E-state index contributed by atoms with van der Waals surface area (Å²) < 4.78 is 5.51. The summed E-state index contributed by atoms with van der Waals surface area (Å²) in [5.74, 6) is 1.33. The average molecular weight is 510 g/mol. The first-order valence-electron chi connectivity index (χ1n) is 12.5. The van der Waals surface area contributed by atoms with Crippen LogP contribution in [0.3, 0.4) is 0 Å². The van der Waals surface area contributed by atoms with Crippen molar-refractivity contribution >= 4 is 29.4 Å². The van der Waals surface area contributed by atoms with Crippen molar-refractivity contribution in [2.24, 2.45) is 0 Å². The number of nitrogens with zero attached hydrogens (tertiary/aromatic N) is 7. The first-order valence-corrected chi connectivity index (χ1v) is 12.5. The fraction of sp³-hybridized carbons (Fsp3) is 0.259. The monoisotopic (exact) mass is 509 g/mol. The molecule has 1 saturated heterocycles. The summed E-state index contributed by atoms with van der Waals surface area (Å²) in [6.45, 7) is 4.98. The number of anilines is 4. The molecule has 6 rings (SSSR count). The fourth-order valence-corrected chi connectivity index (χ4v) is 4.70. The summed E-state index contributed by atoms with van der Waals surface area (Å²) >= 11 is 0. The molecule has 11 nitrogen and oxygen atoms in total. The number of fused-ring (bicyclic) bond motifs is 1. The number of benzene rings is 1. The van der Waals surface area contributed by atoms with E-state index in [0.29, 0.717) is 56.7 Å². The van der Waals surface area contributed by atoms with Gasteiger partial charge in [-0.1, -0.05) is 18.2 Å². The van der Waals surface area contributed by atoms with Gasteiger partial charge >= 0.3 is 6.03 Å². The van der Waals surface area contributed by atoms with Crippen LogP contribution in [0.2, 0.25) is 0 Å². The molecule has 0 atom stereocenters. The Morgan fingerprint density at radius 3 is 2.58 bits per heavy atom. The van der Waals surface area contributed by atoms with Crippen molar-refractivity contribution < 1.29 is 9.53 Å². The lowest BCUT2D eigenvalue weighted by Gasteiger charge is -2.28. The molecule has 3 aromatic heterocycles. The average Bonchev–Trinajstić information content (AvgIpc) is 3.39. The molecule has 2 aliphatic rings. The number of pyridine rings is 1. The lowest BCUT2D eigenvalue weighted by atomic mass is 10.0. The van der Waals surface area contributed by atoms with Crippen LogP contribution in [-0.4, -0.2) is 63.8 Å². The Balaban J connectivity index is 1.35. The van der Waals surface area contributed by atoms with Crippen molar-refractivity contribution in [2.75, 3.05) is 53.7 Å². The van der Waals surface area contributed by atoms with Gasteiger partial charge in [0.1, 0.15) is 5.82 Å². The Hall–Kier alpha value is -4.64. The third kappa shape index (κ3) is 4.59. The summed E-state index contributed by atoms with van der Waals surface area (Å²) in [5.41, 5.74) is 11.7. The van der Waals surface area contributed by atoms with Gasteiger partial charge in [0.15, 0.2) is 0 Å². The number of morpholine rings is 1. The molecule has 4 aromatic rings. The maximum atomic E-state index is 13.6. The number of rotatable bonds is 4. The highest BCUT2D eigenvalue weighted by Crippen LogP contribution is 2.36. The Labute approximate surface area is 219 Å². The number of nitrogens with one attached hydrogen (secondary N) is 1. The molecule has 0 saturated carbocycles. The number of urea groups is 1. The van der Waals surface area contributed by atoms with Gasteiger partial charge in [-0.2, -0.15) is 4.98 Å². The molecule has 0 spiro atoms. The molecule has 192 valence electrons. The van der Waals surface area contributed by atoms with Crippen LogP contribution < -0.4 is 20.9 Å². The second-order valence-corrected chi connectivity index (χ2v) is 9.21. The predicted octanol–water partition coefficient (Wildman–Crippen LogP) is 3.32. The van der Waals surface area contributed by atoms with Crippen LogP contribution in [0.4, 0.5) is 28.2 Å². The van der Waals surface area contributed by atoms with Crippen LogP contribution in [-0.2, 0) is 11.2 Å². The van der Waals surface area contributed by atoms with E-state index in [1.165, 1.54) is 0 Å². The van der Waals surface area contributed by atoms with E-state index in [4.69, 9.17) is 20.4 Å². The second-order valence-electron chi connectivity index (χ2n) is 9.21. The van der Waals surface area contributed by atoms with Gasteiger partial charge in [0.2, 0.25) is 11.9 Å². The first-order chi connectivity index (χ1) is 18.6. The molecule has 2 amide bonds. The van der Waals surface area contributed by atoms with E-state index >= 15 is 0 Å². The second kappa shape index (κ2) is 10.0. The molecular weight excluding hydrogens is 482 g/mol. The summed E-state index contributed by atoms with van der Waals surface area (Å²) in [7, 11) is 0. The van der Waals surface area contributed by atoms with Crippen LogP contribution in [0, 0.1) is 6.92 Å². The van der Waals surface area contributed by atoms with Crippen LogP contribution in [0.5, 0.6) is 0 Å². The van der Waals surface area contributed by atoms with Crippen molar-refractivity contribution in [1.82, 2.24) is 24.9 Å². The standard InChI is InChI=1S/C27H27N9O2/c1-17-4-5-18(19-3-2-7-29-14-19)13-22(17)32-27(37)36-8-6-21-23(20-15-30-25(28)31-16-20)33-26(34-24(21)36)35-9-11-38-12-10-35/h2-5,7,13-16H,6,8-12H2,1H3,(H,32,37)(H2,28,30,31). The molecule has 5 heterocycles. The van der Waals surface area contributed by atoms with Crippen LogP contribution in [0.25, 0.3) is 22.4 Å². The first kappa shape index (κ1) is 23.7. The van der Waals surface area contributed by atoms with Crippen LogP contribution >= 0.6 is 0 Å². The van der Waals surface area contributed by atoms with Crippen LogP contribution in [0.1, 0.15) is 11.1 Å². The molecule has 0 aliphatic carbocycles. The van der Waals surface area contributed by atoms with Gasteiger partial charge in [-0.25, -0.2) is 19.7 Å². The minimum atomic E-state index is -0.249. The highest BCUT2D eigenvalue weighted by Gasteiger charge is 2.32. The fourth-order valence-electron chi connectivity index (χ4n) is 4.70. The minimum absolute atomic E-state index is 0.192. The maximum absolute atomic E-state index is 13.6. The Morgan fingerprint density at radius 1 is 1.00 bits per heavy atom. The largest absolute Gasteiger partial charge is 0.378 e. The number of amides is 2. The molecule has 0 bridgehead atoms. The molecule has 3 N–H and O–H groups in total. The molecule has 0 unspecified atom stereocenters. The van der Waals surface area contributed by atoms with Gasteiger partial charge < -0.3 is 20.7 Å². The Morgan fingerprint density at radius 2 is 1.82 bits per heavy atom. The maximum Gasteiger partial charge on any atom is 0.327 e. The number of carbonyl (C=O) groups is 1. The molecule has 0 radical (unpaired) electrons. The van der Waals surface area contributed by atoms with E-state index in [9.17, 15) is 4.79 Å². The zero-order chi connectivity index (χ0) is 26.1. The Kier molecular flexibility index (Phi) is 6.26. The number of aromatic nitrogens is 5. The van der Waals surface area contributed by atoms with Gasteiger partial charge in [0, 0.05) is 66.8 Å². The van der Waals surface area contributed by atoms with Crippen molar-refractivity contribution in [3.05, 3.63) is 66.2 Å². The lowest BCUT2D eigenvalue weighted by Crippen LogP contribution is -2.38. The van der Waals surface area contributed by atoms with E-state index in [2.05, 4.69) is 25.2 Å². The summed E-state index contributed by atoms with van der Waals surface area (Å²) in [6, 6.07) is 9.62. The van der Waals surface area contributed by atoms with E-state index in [1.54, 1.807) is 29.7 Å². The summed E-state index contributed by atoms with van der Waals surface area (Å²) in [5, 5.41) is 3.10. The smallest absolute Gasteiger partial charge is 0.327 e. The highest BCUT2D eigenvalue weighted by molar-refractivity contribution is 6.03. The SMILES string of the molecule is Cc1ccc(-c2cccnc2)cc1NC(=O)N1CCc2c(-c3cnc(N)nc3)nc(N3CCOCC3)nc21. The normalized spacial score (nSPS) is 14.9. The zero-order valence-electron chi connectivity index (χ0n) is 21.0. The van der Waals surface area contributed by atoms with Gasteiger partial charge in [0.05, 0.1) is 18.9 Å². The number of nitrogens with two attached hydrogens (primary N) is 1. The van der Waals surface area contributed by atoms with E-state index in [1.807, 2.05) is 37.3 Å². The van der Waals surface area contributed by atoms with Crippen LogP contribution in [0.15, 0.2) is 55.1 Å². The van der Waals surface area contributed by atoms with Crippen molar-refractivity contribution in [3.63, 3.8) is 0 Å². The van der Waals surface area contributed by atoms with E-state index < -0.39 is 0 Å². The summed E-state index contributed by atoms with van der Waals surface area (Å²) in [6.07, 6.45) is 7.47. The third-order valence-electron chi connectivity index (χ3n) is 6.77. The molecule has 1 fully saturated rings. The lowest BCUT2D eigenvalue weighted by molar-refractivity contribution is 0.122. The van der Waals surface area contributed by atoms with Gasteiger partial charge in [-0.3, -0.25) is 9.88 Å². The number of hydrogen-bond acceptors (Lipinski definition) is 9. The van der Waals surface area contributed by atoms with Crippen molar-refractivity contribution in [1.29, 1.82) is 0 Å². The van der Waals surface area contributed by atoms with E-state index in [-0.39, 0.29) is 12.0 Å². The number of aryl methyl sites for hydroxylation is 1. The van der Waals surface area contributed by atoms with E-state index in [0.717, 1.165) is 33.5 Å². The highest BCUT2D eigenvalue weighted by atomic mass is 16.5. The Bertz CT molecular complexity index is 1470. The summed E-state index contributed by atoms with van der Waals surface area (Å²) in [4.78, 5) is 39.6. The number of hydrogen-bond donors (Lipinski definition) is 2. The number of nitrogen functional groups attached to an aromatic ring is 1. The molecule has 1 aromatic carbocycles. The van der Waals surface area contributed by atoms with Gasteiger partial charge in [0.25, 0.3) is 0 Å². The molecule has 2 aliphatic heterocycles. The van der Waals surface area contributed by atoms with Gasteiger partial charge in [-0.05, 0) is 36.6 Å². The molecule has 11 heteroatoms. The molecule has 38 heavy (non-hydrogen) atoms. The minimum Gasteiger partial charge on any atom is -0.378 e. The number of ether oxygens (including phenoxy) is 1. The van der Waals surface area contributed by atoms with Gasteiger partial charge in [-0.15, -0.1) is 0 Å². The third-order valence-corrected chi connectivity index (χ3v) is 6.77. The molecular formula is C27H27N9O2. The quantitative estimate of drug-likeness (QED) is 0.425. The predicted molar refractivity (Wildman–Crippen MR) is 145 cm³/mol. The number of carbonyl (C=O) groups excluding carboxylic acids is 1.